The largest absolute Gasteiger partial charge is 0.482 e. The van der Waals surface area contributed by atoms with E-state index >= 15 is 0 Å². The zero-order valence-corrected chi connectivity index (χ0v) is 20.4. The van der Waals surface area contributed by atoms with Crippen LogP contribution in [0, 0.1) is 5.92 Å². The molecule has 1 atom stereocenters. The molecule has 0 aliphatic heterocycles. The van der Waals surface area contributed by atoms with E-state index in [1.54, 1.807) is 29.2 Å². The minimum Gasteiger partial charge on any atom is -0.482 e. The van der Waals surface area contributed by atoms with E-state index in [0.717, 1.165) is 11.1 Å². The van der Waals surface area contributed by atoms with Crippen LogP contribution in [-0.4, -0.2) is 35.9 Å². The fraction of sp³-hybridized carbons (Fsp3) is 0.286. The molecule has 0 radical (unpaired) electrons. The number of hydrogen-bond donors (Lipinski definition) is 1. The van der Waals surface area contributed by atoms with Crippen molar-refractivity contribution in [3.63, 3.8) is 0 Å². The molecule has 178 valence electrons. The van der Waals surface area contributed by atoms with Crippen molar-refractivity contribution in [2.24, 2.45) is 5.92 Å². The average Bonchev–Trinajstić information content (AvgIpc) is 2.85. The van der Waals surface area contributed by atoms with Gasteiger partial charge in [-0.1, -0.05) is 98.2 Å². The lowest BCUT2D eigenvalue weighted by Gasteiger charge is -2.31. The standard InChI is InChI=1S/C28H31ClN2O3/c1-21(2)18-30-28(33)25(17-22-11-5-3-6-12-22)31(19-23-13-7-4-8-14-23)27(32)20-34-26-16-10-9-15-24(26)29/h3-16,21,25H,17-20H2,1-2H3,(H,30,33). The molecule has 3 aromatic carbocycles. The van der Waals surface area contributed by atoms with Gasteiger partial charge >= 0.3 is 0 Å². The molecule has 6 heteroatoms. The molecule has 1 unspecified atom stereocenters. The van der Waals surface area contributed by atoms with Gasteiger partial charge in [0.05, 0.1) is 5.02 Å². The summed E-state index contributed by atoms with van der Waals surface area (Å²) in [6, 6.07) is 25.7. The summed E-state index contributed by atoms with van der Waals surface area (Å²) in [5, 5.41) is 3.44. The number of carbonyl (C=O) groups is 2. The predicted octanol–water partition coefficient (Wildman–Crippen LogP) is 5.13. The maximum Gasteiger partial charge on any atom is 0.261 e. The lowest BCUT2D eigenvalue weighted by molar-refractivity contribution is -0.142. The highest BCUT2D eigenvalue weighted by Crippen LogP contribution is 2.23. The third-order valence-corrected chi connectivity index (χ3v) is 5.65. The van der Waals surface area contributed by atoms with Crippen LogP contribution >= 0.6 is 11.6 Å². The number of carbonyl (C=O) groups excluding carboxylic acids is 2. The first-order valence-corrected chi connectivity index (χ1v) is 11.8. The molecular formula is C28H31ClN2O3. The fourth-order valence-corrected chi connectivity index (χ4v) is 3.73. The maximum absolute atomic E-state index is 13.5. The van der Waals surface area contributed by atoms with Crippen LogP contribution in [0.15, 0.2) is 84.9 Å². The summed E-state index contributed by atoms with van der Waals surface area (Å²) in [7, 11) is 0. The molecule has 0 spiro atoms. The number of nitrogens with zero attached hydrogens (tertiary/aromatic N) is 1. The summed E-state index contributed by atoms with van der Waals surface area (Å²) in [4.78, 5) is 28.4. The van der Waals surface area contributed by atoms with Gasteiger partial charge in [0.15, 0.2) is 6.61 Å². The van der Waals surface area contributed by atoms with Crippen molar-refractivity contribution in [2.75, 3.05) is 13.2 Å². The Hall–Kier alpha value is -3.31. The summed E-state index contributed by atoms with van der Waals surface area (Å²) < 4.78 is 5.74. The molecular weight excluding hydrogens is 448 g/mol. The molecule has 0 fully saturated rings. The SMILES string of the molecule is CC(C)CNC(=O)C(Cc1ccccc1)N(Cc1ccccc1)C(=O)COc1ccccc1Cl. The molecule has 0 saturated heterocycles. The predicted molar refractivity (Wildman–Crippen MR) is 136 cm³/mol. The Morgan fingerprint density at radius 2 is 1.47 bits per heavy atom. The Bertz CT molecular complexity index is 1060. The Labute approximate surface area is 206 Å². The van der Waals surface area contributed by atoms with Crippen molar-refractivity contribution in [3.8, 4) is 5.75 Å². The number of rotatable bonds is 11. The Morgan fingerprint density at radius 1 is 0.882 bits per heavy atom. The number of benzene rings is 3. The molecule has 3 rings (SSSR count). The van der Waals surface area contributed by atoms with E-state index < -0.39 is 6.04 Å². The molecule has 0 aliphatic carbocycles. The normalized spacial score (nSPS) is 11.6. The zero-order valence-electron chi connectivity index (χ0n) is 19.6. The molecule has 3 aromatic rings. The number of hydrogen-bond acceptors (Lipinski definition) is 3. The van der Waals surface area contributed by atoms with E-state index in [4.69, 9.17) is 16.3 Å². The van der Waals surface area contributed by atoms with Gasteiger partial charge in [-0.05, 0) is 29.2 Å². The number of nitrogens with one attached hydrogen (secondary N) is 1. The maximum atomic E-state index is 13.5. The van der Waals surface area contributed by atoms with Gasteiger partial charge in [-0.25, -0.2) is 0 Å². The summed E-state index contributed by atoms with van der Waals surface area (Å²) in [5.74, 6) is 0.258. The van der Waals surface area contributed by atoms with Crippen LogP contribution in [0.3, 0.4) is 0 Å². The Kier molecular flexibility index (Phi) is 9.53. The first-order chi connectivity index (χ1) is 16.4. The summed E-state index contributed by atoms with van der Waals surface area (Å²) >= 11 is 6.19. The number of amides is 2. The van der Waals surface area contributed by atoms with Gasteiger partial charge in [-0.15, -0.1) is 0 Å². The van der Waals surface area contributed by atoms with Crippen molar-refractivity contribution < 1.29 is 14.3 Å². The molecule has 0 bridgehead atoms. The van der Waals surface area contributed by atoms with Crippen LogP contribution in [0.4, 0.5) is 0 Å². The van der Waals surface area contributed by atoms with Gasteiger partial charge in [0.25, 0.3) is 5.91 Å². The van der Waals surface area contributed by atoms with Crippen molar-refractivity contribution in [1.82, 2.24) is 10.2 Å². The van der Waals surface area contributed by atoms with Crippen LogP contribution in [0.5, 0.6) is 5.75 Å². The second-order valence-electron chi connectivity index (χ2n) is 8.57. The van der Waals surface area contributed by atoms with Crippen molar-refractivity contribution >= 4 is 23.4 Å². The Balaban J connectivity index is 1.88. The smallest absolute Gasteiger partial charge is 0.261 e. The highest BCUT2D eigenvalue weighted by Gasteiger charge is 2.30. The van der Waals surface area contributed by atoms with Gasteiger partial charge in [-0.3, -0.25) is 9.59 Å². The molecule has 0 heterocycles. The number of para-hydroxylation sites is 1. The molecule has 34 heavy (non-hydrogen) atoms. The van der Waals surface area contributed by atoms with E-state index in [9.17, 15) is 9.59 Å². The van der Waals surface area contributed by atoms with E-state index in [2.05, 4.69) is 5.32 Å². The Morgan fingerprint density at radius 3 is 2.09 bits per heavy atom. The third-order valence-electron chi connectivity index (χ3n) is 5.34. The summed E-state index contributed by atoms with van der Waals surface area (Å²) in [6.45, 7) is 4.68. The van der Waals surface area contributed by atoms with E-state index in [1.807, 2.05) is 74.5 Å². The van der Waals surface area contributed by atoms with E-state index in [0.29, 0.717) is 29.7 Å². The summed E-state index contributed by atoms with van der Waals surface area (Å²) in [5.41, 5.74) is 1.91. The lowest BCUT2D eigenvalue weighted by Crippen LogP contribution is -2.52. The highest BCUT2D eigenvalue weighted by molar-refractivity contribution is 6.32. The minimum absolute atomic E-state index is 0.181. The van der Waals surface area contributed by atoms with Gasteiger partial charge in [-0.2, -0.15) is 0 Å². The number of ether oxygens (including phenoxy) is 1. The topological polar surface area (TPSA) is 58.6 Å². The van der Waals surface area contributed by atoms with E-state index in [1.165, 1.54) is 0 Å². The zero-order chi connectivity index (χ0) is 24.3. The highest BCUT2D eigenvalue weighted by atomic mass is 35.5. The van der Waals surface area contributed by atoms with Gasteiger partial charge in [0.2, 0.25) is 5.91 Å². The molecule has 2 amide bonds. The summed E-state index contributed by atoms with van der Waals surface area (Å²) in [6.07, 6.45) is 0.398. The van der Waals surface area contributed by atoms with Crippen LogP contribution < -0.4 is 10.1 Å². The quantitative estimate of drug-likeness (QED) is 0.415. The van der Waals surface area contributed by atoms with Crippen LogP contribution in [0.25, 0.3) is 0 Å². The van der Waals surface area contributed by atoms with Gasteiger partial charge in [0.1, 0.15) is 11.8 Å². The van der Waals surface area contributed by atoms with Crippen LogP contribution in [0.2, 0.25) is 5.02 Å². The van der Waals surface area contributed by atoms with Crippen LogP contribution in [0.1, 0.15) is 25.0 Å². The monoisotopic (exact) mass is 478 g/mol. The number of halogens is 1. The lowest BCUT2D eigenvalue weighted by atomic mass is 10.0. The van der Waals surface area contributed by atoms with E-state index in [-0.39, 0.29) is 25.0 Å². The molecule has 5 nitrogen and oxygen atoms in total. The second-order valence-corrected chi connectivity index (χ2v) is 8.98. The van der Waals surface area contributed by atoms with Crippen molar-refractivity contribution in [3.05, 3.63) is 101 Å². The molecule has 0 saturated carbocycles. The van der Waals surface area contributed by atoms with Crippen molar-refractivity contribution in [1.29, 1.82) is 0 Å². The first kappa shape index (κ1) is 25.3. The second kappa shape index (κ2) is 12.8. The fourth-order valence-electron chi connectivity index (χ4n) is 3.54. The van der Waals surface area contributed by atoms with Gasteiger partial charge in [0, 0.05) is 19.5 Å². The van der Waals surface area contributed by atoms with Crippen LogP contribution in [-0.2, 0) is 22.6 Å². The third kappa shape index (κ3) is 7.63. The molecule has 1 N–H and O–H groups in total. The average molecular weight is 479 g/mol. The minimum atomic E-state index is -0.691. The molecule has 0 aliphatic rings. The van der Waals surface area contributed by atoms with Gasteiger partial charge < -0.3 is 15.0 Å². The first-order valence-electron chi connectivity index (χ1n) is 11.5. The molecule has 0 aromatic heterocycles. The van der Waals surface area contributed by atoms with Crippen molar-refractivity contribution in [2.45, 2.75) is 32.9 Å².